The van der Waals surface area contributed by atoms with Crippen LogP contribution in [0.4, 0.5) is 11.4 Å². The highest BCUT2D eigenvalue weighted by molar-refractivity contribution is 6.32. The molecule has 0 heterocycles. The summed E-state index contributed by atoms with van der Waals surface area (Å²) in [4.78, 5) is 12.5. The van der Waals surface area contributed by atoms with E-state index in [1.54, 1.807) is 19.2 Å². The standard InChI is InChI=1S/C20H25ClN2O3/c1-5-13-8-7-9-14(6-2)20(13)23-19(24)12-22-16-11-17(25-3)15(21)10-18(16)26-4/h7-11,22H,5-6,12H2,1-4H3,(H,23,24). The summed E-state index contributed by atoms with van der Waals surface area (Å²) in [7, 11) is 3.09. The molecule has 1 amide bonds. The second kappa shape index (κ2) is 9.34. The predicted molar refractivity (Wildman–Crippen MR) is 107 cm³/mol. The maximum absolute atomic E-state index is 12.5. The van der Waals surface area contributed by atoms with Crippen molar-refractivity contribution in [2.24, 2.45) is 0 Å². The van der Waals surface area contributed by atoms with Gasteiger partial charge in [0.1, 0.15) is 11.5 Å². The second-order valence-corrected chi connectivity index (χ2v) is 6.15. The average Bonchev–Trinajstić information content (AvgIpc) is 2.66. The van der Waals surface area contributed by atoms with Crippen LogP contribution in [0, 0.1) is 0 Å². The molecule has 0 saturated heterocycles. The van der Waals surface area contributed by atoms with E-state index in [0.717, 1.165) is 29.7 Å². The molecule has 0 aromatic heterocycles. The highest BCUT2D eigenvalue weighted by Gasteiger charge is 2.13. The first kappa shape index (κ1) is 19.9. The summed E-state index contributed by atoms with van der Waals surface area (Å²) in [5, 5.41) is 6.56. The Labute approximate surface area is 159 Å². The van der Waals surface area contributed by atoms with Crippen molar-refractivity contribution in [2.75, 3.05) is 31.4 Å². The van der Waals surface area contributed by atoms with Gasteiger partial charge in [0.05, 0.1) is 31.5 Å². The molecule has 26 heavy (non-hydrogen) atoms. The van der Waals surface area contributed by atoms with Crippen molar-refractivity contribution < 1.29 is 14.3 Å². The third-order valence-corrected chi connectivity index (χ3v) is 4.47. The topological polar surface area (TPSA) is 59.6 Å². The molecule has 2 N–H and O–H groups in total. The molecule has 6 heteroatoms. The second-order valence-electron chi connectivity index (χ2n) is 5.75. The molecule has 0 aliphatic heterocycles. The molecule has 0 bridgehead atoms. The summed E-state index contributed by atoms with van der Waals surface area (Å²) >= 11 is 6.10. The number of methoxy groups -OCH3 is 2. The third-order valence-electron chi connectivity index (χ3n) is 4.18. The lowest BCUT2D eigenvalue weighted by Gasteiger charge is -2.16. The van der Waals surface area contributed by atoms with Crippen LogP contribution in [0.1, 0.15) is 25.0 Å². The maximum Gasteiger partial charge on any atom is 0.243 e. The van der Waals surface area contributed by atoms with Crippen molar-refractivity contribution in [3.8, 4) is 11.5 Å². The minimum absolute atomic E-state index is 0.0996. The Kier molecular flexibility index (Phi) is 7.16. The Balaban J connectivity index is 2.13. The molecule has 0 spiro atoms. The van der Waals surface area contributed by atoms with Crippen molar-refractivity contribution in [1.29, 1.82) is 0 Å². The Morgan fingerprint density at radius 3 is 2.19 bits per heavy atom. The van der Waals surface area contributed by atoms with Gasteiger partial charge in [0.15, 0.2) is 0 Å². The smallest absolute Gasteiger partial charge is 0.243 e. The van der Waals surface area contributed by atoms with Crippen molar-refractivity contribution in [2.45, 2.75) is 26.7 Å². The van der Waals surface area contributed by atoms with E-state index in [4.69, 9.17) is 21.1 Å². The summed E-state index contributed by atoms with van der Waals surface area (Å²) in [5.41, 5.74) is 3.81. The minimum Gasteiger partial charge on any atom is -0.495 e. The molecule has 0 saturated carbocycles. The minimum atomic E-state index is -0.128. The molecule has 5 nitrogen and oxygen atoms in total. The summed E-state index contributed by atoms with van der Waals surface area (Å²) in [5.74, 6) is 0.934. The van der Waals surface area contributed by atoms with E-state index in [0.29, 0.717) is 22.2 Å². The molecular weight excluding hydrogens is 352 g/mol. The number of halogens is 1. The van der Waals surface area contributed by atoms with Crippen LogP contribution in [0.5, 0.6) is 11.5 Å². The Morgan fingerprint density at radius 1 is 1.04 bits per heavy atom. The van der Waals surface area contributed by atoms with Gasteiger partial charge < -0.3 is 20.1 Å². The predicted octanol–water partition coefficient (Wildman–Crippen LogP) is 4.53. The molecule has 140 valence electrons. The van der Waals surface area contributed by atoms with Crippen molar-refractivity contribution in [1.82, 2.24) is 0 Å². The van der Waals surface area contributed by atoms with Crippen LogP contribution >= 0.6 is 11.6 Å². The van der Waals surface area contributed by atoms with Crippen molar-refractivity contribution in [3.05, 3.63) is 46.5 Å². The molecular formula is C20H25ClN2O3. The first-order valence-corrected chi connectivity index (χ1v) is 8.97. The van der Waals surface area contributed by atoms with Crippen LogP contribution in [0.2, 0.25) is 5.02 Å². The number of para-hydroxylation sites is 1. The number of aryl methyl sites for hydroxylation is 2. The van der Waals surface area contributed by atoms with Crippen LogP contribution in [-0.4, -0.2) is 26.7 Å². The van der Waals surface area contributed by atoms with Crippen molar-refractivity contribution >= 4 is 28.9 Å². The van der Waals surface area contributed by atoms with Gasteiger partial charge in [-0.15, -0.1) is 0 Å². The zero-order valence-electron chi connectivity index (χ0n) is 15.6. The van der Waals surface area contributed by atoms with E-state index in [-0.39, 0.29) is 12.5 Å². The number of nitrogens with one attached hydrogen (secondary N) is 2. The zero-order valence-corrected chi connectivity index (χ0v) is 16.4. The zero-order chi connectivity index (χ0) is 19.1. The Hall–Kier alpha value is -2.40. The lowest BCUT2D eigenvalue weighted by molar-refractivity contribution is -0.114. The Morgan fingerprint density at radius 2 is 1.65 bits per heavy atom. The fourth-order valence-electron chi connectivity index (χ4n) is 2.76. The quantitative estimate of drug-likeness (QED) is 0.710. The van der Waals surface area contributed by atoms with Gasteiger partial charge in [0.25, 0.3) is 0 Å². The van der Waals surface area contributed by atoms with E-state index in [1.807, 2.05) is 18.2 Å². The number of hydrogen-bond acceptors (Lipinski definition) is 4. The summed E-state index contributed by atoms with van der Waals surface area (Å²) in [6, 6.07) is 9.47. The number of anilines is 2. The SMILES string of the molecule is CCc1cccc(CC)c1NC(=O)CNc1cc(OC)c(Cl)cc1OC. The van der Waals surface area contributed by atoms with Gasteiger partial charge in [-0.25, -0.2) is 0 Å². The molecule has 2 aromatic rings. The number of carbonyl (C=O) groups is 1. The van der Waals surface area contributed by atoms with Gasteiger partial charge in [-0.05, 0) is 24.0 Å². The normalized spacial score (nSPS) is 10.3. The number of benzene rings is 2. The van der Waals surface area contributed by atoms with Crippen LogP contribution in [0.15, 0.2) is 30.3 Å². The summed E-state index contributed by atoms with van der Waals surface area (Å²) in [6.07, 6.45) is 1.72. The van der Waals surface area contributed by atoms with E-state index < -0.39 is 0 Å². The number of carbonyl (C=O) groups excluding carboxylic acids is 1. The summed E-state index contributed by atoms with van der Waals surface area (Å²) in [6.45, 7) is 4.25. The van der Waals surface area contributed by atoms with Gasteiger partial charge in [0, 0.05) is 17.8 Å². The van der Waals surface area contributed by atoms with Gasteiger partial charge >= 0.3 is 0 Å². The largest absolute Gasteiger partial charge is 0.495 e. The number of hydrogen-bond donors (Lipinski definition) is 2. The fraction of sp³-hybridized carbons (Fsp3) is 0.350. The first-order chi connectivity index (χ1) is 12.5. The number of amides is 1. The van der Waals surface area contributed by atoms with Gasteiger partial charge in [-0.2, -0.15) is 0 Å². The molecule has 0 aliphatic rings. The van der Waals surface area contributed by atoms with Crippen molar-refractivity contribution in [3.63, 3.8) is 0 Å². The van der Waals surface area contributed by atoms with Crippen LogP contribution < -0.4 is 20.1 Å². The molecule has 0 atom stereocenters. The Bertz CT molecular complexity index is 756. The van der Waals surface area contributed by atoms with Gasteiger partial charge in [-0.1, -0.05) is 43.6 Å². The average molecular weight is 377 g/mol. The molecule has 0 aliphatic carbocycles. The van der Waals surface area contributed by atoms with E-state index in [2.05, 4.69) is 24.5 Å². The lowest BCUT2D eigenvalue weighted by Crippen LogP contribution is -2.23. The van der Waals surface area contributed by atoms with E-state index >= 15 is 0 Å². The summed E-state index contributed by atoms with van der Waals surface area (Å²) < 4.78 is 10.5. The van der Waals surface area contributed by atoms with Gasteiger partial charge in [0.2, 0.25) is 5.91 Å². The molecule has 0 radical (unpaired) electrons. The fourth-order valence-corrected chi connectivity index (χ4v) is 2.99. The van der Waals surface area contributed by atoms with Crippen LogP contribution in [0.3, 0.4) is 0 Å². The molecule has 0 fully saturated rings. The first-order valence-electron chi connectivity index (χ1n) is 8.59. The van der Waals surface area contributed by atoms with Crippen LogP contribution in [-0.2, 0) is 17.6 Å². The van der Waals surface area contributed by atoms with E-state index in [9.17, 15) is 4.79 Å². The van der Waals surface area contributed by atoms with Gasteiger partial charge in [-0.3, -0.25) is 4.79 Å². The lowest BCUT2D eigenvalue weighted by atomic mass is 10.0. The van der Waals surface area contributed by atoms with Crippen LogP contribution in [0.25, 0.3) is 0 Å². The van der Waals surface area contributed by atoms with E-state index in [1.165, 1.54) is 7.11 Å². The third kappa shape index (κ3) is 4.61. The number of rotatable bonds is 8. The highest BCUT2D eigenvalue weighted by Crippen LogP contribution is 2.35. The number of ether oxygens (including phenoxy) is 2. The molecule has 2 aromatic carbocycles. The monoisotopic (exact) mass is 376 g/mol. The maximum atomic E-state index is 12.5. The molecule has 0 unspecified atom stereocenters. The highest BCUT2D eigenvalue weighted by atomic mass is 35.5. The molecule has 2 rings (SSSR count).